The number of hydrogen-bond donors (Lipinski definition) is 1. The van der Waals surface area contributed by atoms with Crippen molar-refractivity contribution in [2.45, 2.75) is 6.42 Å². The number of nitrogens with one attached hydrogen (secondary N) is 1. The van der Waals surface area contributed by atoms with E-state index in [2.05, 4.69) is 15.3 Å². The predicted molar refractivity (Wildman–Crippen MR) is 57.8 cm³/mol. The highest BCUT2D eigenvalue weighted by Gasteiger charge is 2.03. The number of benzene rings is 1. The van der Waals surface area contributed by atoms with Crippen LogP contribution in [0, 0.1) is 11.3 Å². The fourth-order valence-corrected chi connectivity index (χ4v) is 1.07. The summed E-state index contributed by atoms with van der Waals surface area (Å²) >= 11 is 0. The van der Waals surface area contributed by atoms with Gasteiger partial charge in [0.05, 0.1) is 12.5 Å². The maximum Gasteiger partial charge on any atom is 0.251 e. The van der Waals surface area contributed by atoms with Crippen molar-refractivity contribution < 1.29 is 4.79 Å². The van der Waals surface area contributed by atoms with Crippen LogP contribution in [0.5, 0.6) is 0 Å². The van der Waals surface area contributed by atoms with E-state index in [4.69, 9.17) is 10.8 Å². The minimum absolute atomic E-state index is 0.247. The van der Waals surface area contributed by atoms with Gasteiger partial charge in [-0.1, -0.05) is 17.2 Å². The first kappa shape index (κ1) is 11.6. The molecule has 0 bridgehead atoms. The van der Waals surface area contributed by atoms with Gasteiger partial charge in [0.15, 0.2) is 0 Å². The topological polar surface area (TPSA) is 102 Å². The van der Waals surface area contributed by atoms with Crippen LogP contribution in [0.2, 0.25) is 0 Å². The van der Waals surface area contributed by atoms with E-state index in [0.29, 0.717) is 17.8 Å². The van der Waals surface area contributed by atoms with Crippen molar-refractivity contribution in [2.24, 2.45) is 5.11 Å². The van der Waals surface area contributed by atoms with Crippen LogP contribution in [-0.2, 0) is 0 Å². The molecule has 0 fully saturated rings. The van der Waals surface area contributed by atoms with Crippen LogP contribution in [0.1, 0.15) is 16.8 Å². The van der Waals surface area contributed by atoms with Gasteiger partial charge in [0, 0.05) is 22.7 Å². The Morgan fingerprint density at radius 3 is 2.75 bits per heavy atom. The molecule has 16 heavy (non-hydrogen) atoms. The molecule has 0 unspecified atom stereocenters. The molecule has 0 aliphatic heterocycles. The normalized spacial score (nSPS) is 8.69. The van der Waals surface area contributed by atoms with Crippen molar-refractivity contribution in [2.75, 3.05) is 6.54 Å². The summed E-state index contributed by atoms with van der Waals surface area (Å²) in [5.41, 5.74) is 9.11. The molecule has 6 heteroatoms. The molecule has 0 saturated heterocycles. The van der Waals surface area contributed by atoms with Crippen molar-refractivity contribution >= 4 is 11.6 Å². The molecular formula is C10H9N5O. The average molecular weight is 215 g/mol. The van der Waals surface area contributed by atoms with Gasteiger partial charge in [0.1, 0.15) is 0 Å². The van der Waals surface area contributed by atoms with Crippen molar-refractivity contribution in [3.05, 3.63) is 40.3 Å². The van der Waals surface area contributed by atoms with Crippen LogP contribution in [0.4, 0.5) is 5.69 Å². The van der Waals surface area contributed by atoms with Gasteiger partial charge in [-0.3, -0.25) is 4.79 Å². The van der Waals surface area contributed by atoms with E-state index in [1.807, 2.05) is 6.07 Å². The maximum atomic E-state index is 11.5. The number of nitriles is 1. The fourth-order valence-electron chi connectivity index (χ4n) is 1.07. The average Bonchev–Trinajstić information content (AvgIpc) is 2.30. The minimum atomic E-state index is -0.247. The minimum Gasteiger partial charge on any atom is -0.351 e. The fraction of sp³-hybridized carbons (Fsp3) is 0.200. The van der Waals surface area contributed by atoms with E-state index in [9.17, 15) is 4.79 Å². The summed E-state index contributed by atoms with van der Waals surface area (Å²) in [6.07, 6.45) is 0.280. The quantitative estimate of drug-likeness (QED) is 0.360. The molecule has 0 radical (unpaired) electrons. The Balaban J connectivity index is 2.63. The number of carbonyl (C=O) groups excluding carboxylic acids is 1. The van der Waals surface area contributed by atoms with Gasteiger partial charge in [-0.05, 0) is 17.7 Å². The zero-order valence-corrected chi connectivity index (χ0v) is 8.42. The molecule has 1 aromatic rings. The second kappa shape index (κ2) is 6.06. The molecule has 6 nitrogen and oxygen atoms in total. The Bertz CT molecular complexity index is 453. The second-order valence-corrected chi connectivity index (χ2v) is 2.90. The van der Waals surface area contributed by atoms with Crippen LogP contribution < -0.4 is 5.32 Å². The summed E-state index contributed by atoms with van der Waals surface area (Å²) < 4.78 is 0. The van der Waals surface area contributed by atoms with Crippen molar-refractivity contribution in [3.63, 3.8) is 0 Å². The largest absolute Gasteiger partial charge is 0.351 e. The van der Waals surface area contributed by atoms with E-state index in [-0.39, 0.29) is 12.3 Å². The van der Waals surface area contributed by atoms with Gasteiger partial charge in [0.25, 0.3) is 5.91 Å². The molecule has 0 aliphatic rings. The lowest BCUT2D eigenvalue weighted by Crippen LogP contribution is -2.23. The summed E-state index contributed by atoms with van der Waals surface area (Å²) in [6, 6.07) is 8.16. The number of nitrogens with zero attached hydrogens (tertiary/aromatic N) is 4. The van der Waals surface area contributed by atoms with Crippen LogP contribution in [0.25, 0.3) is 10.4 Å². The highest BCUT2D eigenvalue weighted by molar-refractivity contribution is 5.94. The van der Waals surface area contributed by atoms with E-state index < -0.39 is 0 Å². The third-order valence-electron chi connectivity index (χ3n) is 1.81. The van der Waals surface area contributed by atoms with E-state index >= 15 is 0 Å². The zero-order chi connectivity index (χ0) is 11.8. The van der Waals surface area contributed by atoms with E-state index in [1.54, 1.807) is 24.3 Å². The second-order valence-electron chi connectivity index (χ2n) is 2.90. The lowest BCUT2D eigenvalue weighted by Gasteiger charge is -2.02. The Hall–Kier alpha value is -2.51. The van der Waals surface area contributed by atoms with Crippen LogP contribution >= 0.6 is 0 Å². The van der Waals surface area contributed by atoms with Crippen molar-refractivity contribution in [1.29, 1.82) is 5.26 Å². The molecule has 1 rings (SSSR count). The summed E-state index contributed by atoms with van der Waals surface area (Å²) in [6.45, 7) is 0.327. The monoisotopic (exact) mass is 215 g/mol. The lowest BCUT2D eigenvalue weighted by atomic mass is 10.2. The Morgan fingerprint density at radius 2 is 2.19 bits per heavy atom. The Kier molecular flexibility index (Phi) is 4.38. The maximum absolute atomic E-state index is 11.5. The van der Waals surface area contributed by atoms with Crippen molar-refractivity contribution in [1.82, 2.24) is 5.32 Å². The molecule has 0 spiro atoms. The molecule has 0 aliphatic carbocycles. The highest BCUT2D eigenvalue weighted by Crippen LogP contribution is 2.12. The van der Waals surface area contributed by atoms with Crippen molar-refractivity contribution in [3.8, 4) is 6.07 Å². The SMILES string of the molecule is N#CCCNC(=O)c1ccc(N=[N+]=[N-])cc1. The van der Waals surface area contributed by atoms with Gasteiger partial charge < -0.3 is 5.32 Å². The molecule has 1 aromatic carbocycles. The van der Waals surface area contributed by atoms with Gasteiger partial charge in [-0.2, -0.15) is 5.26 Å². The summed E-state index contributed by atoms with van der Waals surface area (Å²) in [7, 11) is 0. The smallest absolute Gasteiger partial charge is 0.251 e. The molecule has 0 heterocycles. The third-order valence-corrected chi connectivity index (χ3v) is 1.81. The summed E-state index contributed by atoms with van der Waals surface area (Å²) in [4.78, 5) is 14.1. The van der Waals surface area contributed by atoms with E-state index in [1.165, 1.54) is 0 Å². The van der Waals surface area contributed by atoms with Gasteiger partial charge >= 0.3 is 0 Å². The van der Waals surface area contributed by atoms with Crippen LogP contribution in [0.3, 0.4) is 0 Å². The number of carbonyl (C=O) groups is 1. The lowest BCUT2D eigenvalue weighted by molar-refractivity contribution is 0.0954. The first-order chi connectivity index (χ1) is 7.77. The highest BCUT2D eigenvalue weighted by atomic mass is 16.1. The standard InChI is InChI=1S/C10H9N5O/c11-6-1-7-13-10(16)8-2-4-9(5-3-8)14-15-12/h2-5H,1,7H2,(H,13,16). The Morgan fingerprint density at radius 1 is 1.50 bits per heavy atom. The number of azide groups is 1. The van der Waals surface area contributed by atoms with Gasteiger partial charge in [-0.25, -0.2) is 0 Å². The van der Waals surface area contributed by atoms with E-state index in [0.717, 1.165) is 0 Å². The summed E-state index contributed by atoms with van der Waals surface area (Å²) in [5.74, 6) is -0.247. The first-order valence-electron chi connectivity index (χ1n) is 4.58. The number of amides is 1. The Labute approximate surface area is 92.1 Å². The molecule has 80 valence electrons. The molecule has 0 atom stereocenters. The molecule has 1 amide bonds. The van der Waals surface area contributed by atoms with Crippen LogP contribution in [0.15, 0.2) is 29.4 Å². The first-order valence-corrected chi connectivity index (χ1v) is 4.58. The number of rotatable bonds is 4. The van der Waals surface area contributed by atoms with Gasteiger partial charge in [-0.15, -0.1) is 0 Å². The summed E-state index contributed by atoms with van der Waals surface area (Å²) in [5, 5.41) is 14.3. The predicted octanol–water partition coefficient (Wildman–Crippen LogP) is 2.27. The zero-order valence-electron chi connectivity index (χ0n) is 8.42. The molecular weight excluding hydrogens is 206 g/mol. The molecule has 0 saturated carbocycles. The van der Waals surface area contributed by atoms with Crippen LogP contribution in [-0.4, -0.2) is 12.5 Å². The molecule has 0 aromatic heterocycles. The molecule has 1 N–H and O–H groups in total. The third kappa shape index (κ3) is 3.33. The van der Waals surface area contributed by atoms with Gasteiger partial charge in [0.2, 0.25) is 0 Å². The number of hydrogen-bond acceptors (Lipinski definition) is 3.